The Labute approximate surface area is 351 Å². The molecule has 2 fully saturated rings. The van der Waals surface area contributed by atoms with Gasteiger partial charge >= 0.3 is 0 Å². The number of ether oxygens (including phenoxy) is 1. The second-order valence-electron chi connectivity index (χ2n) is 16.0. The number of likely N-dealkylation sites (tertiary alicyclic amines) is 1. The van der Waals surface area contributed by atoms with Gasteiger partial charge in [0.25, 0.3) is 0 Å². The van der Waals surface area contributed by atoms with Crippen LogP contribution in [0.25, 0.3) is 0 Å². The number of nitrogens with two attached hydrogens (primary N) is 2. The lowest BCUT2D eigenvalue weighted by molar-refractivity contribution is -0.144. The van der Waals surface area contributed by atoms with Gasteiger partial charge in [-0.05, 0) is 42.4 Å². The highest BCUT2D eigenvalue weighted by Crippen LogP contribution is 2.37. The van der Waals surface area contributed by atoms with Crippen molar-refractivity contribution < 1.29 is 43.1 Å². The summed E-state index contributed by atoms with van der Waals surface area (Å²) in [7, 11) is 0. The summed E-state index contributed by atoms with van der Waals surface area (Å²) in [6.45, 7) is 2.16. The largest absolute Gasteiger partial charge is 0.372 e. The van der Waals surface area contributed by atoms with Crippen molar-refractivity contribution in [1.29, 1.82) is 0 Å². The van der Waals surface area contributed by atoms with Crippen LogP contribution in [-0.4, -0.2) is 70.4 Å². The first-order chi connectivity index (χ1) is 28.9. The number of Topliss-reactive ketones (excluding diaryl/α,β-unsaturated/α-hetero) is 4. The van der Waals surface area contributed by atoms with Gasteiger partial charge in [-0.3, -0.25) is 38.4 Å². The number of nitrogens with zero attached hydrogens (tertiary/aromatic N) is 1. The van der Waals surface area contributed by atoms with E-state index in [2.05, 4.69) is 5.32 Å². The minimum absolute atomic E-state index is 0.0739. The molecule has 13 heteroatoms. The topological polar surface area (TPSA) is 213 Å². The van der Waals surface area contributed by atoms with Crippen molar-refractivity contribution in [2.45, 2.75) is 109 Å². The fourth-order valence-corrected chi connectivity index (χ4v) is 8.54. The number of amides is 4. The number of benzene rings is 3. The molecule has 0 spiro atoms. The van der Waals surface area contributed by atoms with Gasteiger partial charge in [-0.1, -0.05) is 111 Å². The molecule has 5 N–H and O–H groups in total. The molecule has 2 unspecified atom stereocenters. The van der Waals surface area contributed by atoms with Gasteiger partial charge in [-0.25, -0.2) is 0 Å². The van der Waals surface area contributed by atoms with Crippen molar-refractivity contribution in [3.63, 3.8) is 0 Å². The lowest BCUT2D eigenvalue weighted by Gasteiger charge is -2.34. The van der Waals surface area contributed by atoms with Crippen LogP contribution in [0.1, 0.15) is 122 Å². The third-order valence-electron chi connectivity index (χ3n) is 11.7. The van der Waals surface area contributed by atoms with Crippen LogP contribution in [0.5, 0.6) is 0 Å². The molecule has 2 aliphatic rings. The van der Waals surface area contributed by atoms with Crippen LogP contribution >= 0.6 is 0 Å². The van der Waals surface area contributed by atoms with Crippen LogP contribution in [0.4, 0.5) is 0 Å². The molecule has 1 saturated carbocycles. The summed E-state index contributed by atoms with van der Waals surface area (Å²) < 4.78 is 6.28. The Morgan fingerprint density at radius 3 is 2.05 bits per heavy atom. The lowest BCUT2D eigenvalue weighted by atomic mass is 9.76. The molecule has 4 amide bonds. The lowest BCUT2D eigenvalue weighted by Crippen LogP contribution is -2.47. The van der Waals surface area contributed by atoms with Crippen molar-refractivity contribution >= 4 is 46.8 Å². The summed E-state index contributed by atoms with van der Waals surface area (Å²) in [5.74, 6) is -6.81. The minimum Gasteiger partial charge on any atom is -0.372 e. The summed E-state index contributed by atoms with van der Waals surface area (Å²) in [4.78, 5) is 109. The molecular weight excluding hydrogens is 765 g/mol. The predicted octanol–water partition coefficient (Wildman–Crippen LogP) is 5.38. The van der Waals surface area contributed by atoms with Crippen molar-refractivity contribution in [2.75, 3.05) is 6.54 Å². The number of hydrogen-bond donors (Lipinski definition) is 3. The molecule has 13 nitrogen and oxygen atoms in total. The Hall–Kier alpha value is -5.82. The highest BCUT2D eigenvalue weighted by molar-refractivity contribution is 6.38. The SMILES string of the molecule is CCCC(CC(=O)[C@@H]1C[C@@H](OCc2ccccc2)CN1C(=O)C(CC(=O)c1ccccc1C(N)=O)C1CCCCC1)C(=O)C(=O)CCC(=O)N[C@@H](C(N)=O)c1ccccc1. The van der Waals surface area contributed by atoms with Crippen LogP contribution in [-0.2, 0) is 40.1 Å². The maximum atomic E-state index is 14.9. The Balaban J connectivity index is 1.33. The van der Waals surface area contributed by atoms with Gasteiger partial charge < -0.3 is 26.4 Å². The second kappa shape index (κ2) is 22.0. The first-order valence-electron chi connectivity index (χ1n) is 21.0. The van der Waals surface area contributed by atoms with Crippen LogP contribution in [0, 0.1) is 17.8 Å². The van der Waals surface area contributed by atoms with E-state index in [0.717, 1.165) is 37.7 Å². The molecule has 1 heterocycles. The zero-order chi connectivity index (χ0) is 43.2. The molecule has 60 heavy (non-hydrogen) atoms. The molecule has 1 aliphatic carbocycles. The maximum absolute atomic E-state index is 14.9. The van der Waals surface area contributed by atoms with Gasteiger partial charge in [0.1, 0.15) is 6.04 Å². The minimum atomic E-state index is -1.12. The van der Waals surface area contributed by atoms with E-state index in [4.69, 9.17) is 16.2 Å². The van der Waals surface area contributed by atoms with E-state index >= 15 is 0 Å². The van der Waals surface area contributed by atoms with Gasteiger partial charge in [0, 0.05) is 61.6 Å². The fourth-order valence-electron chi connectivity index (χ4n) is 8.54. The average Bonchev–Trinajstić information content (AvgIpc) is 3.70. The van der Waals surface area contributed by atoms with Crippen LogP contribution in [0.15, 0.2) is 84.9 Å². The summed E-state index contributed by atoms with van der Waals surface area (Å²) in [5, 5.41) is 2.53. The van der Waals surface area contributed by atoms with Gasteiger partial charge in [0.05, 0.1) is 18.8 Å². The molecule has 0 radical (unpaired) electrons. The molecule has 318 valence electrons. The monoisotopic (exact) mass is 820 g/mol. The van der Waals surface area contributed by atoms with E-state index in [1.807, 2.05) is 37.3 Å². The van der Waals surface area contributed by atoms with Gasteiger partial charge in [-0.2, -0.15) is 0 Å². The molecule has 1 saturated heterocycles. The van der Waals surface area contributed by atoms with Crippen molar-refractivity contribution in [1.82, 2.24) is 10.2 Å². The fraction of sp³-hybridized carbons (Fsp3) is 0.447. The van der Waals surface area contributed by atoms with E-state index < -0.39 is 77.3 Å². The highest BCUT2D eigenvalue weighted by Gasteiger charge is 2.45. The van der Waals surface area contributed by atoms with Gasteiger partial charge in [0.15, 0.2) is 17.3 Å². The molecule has 5 atom stereocenters. The van der Waals surface area contributed by atoms with Crippen molar-refractivity contribution in [3.05, 3.63) is 107 Å². The average molecular weight is 821 g/mol. The zero-order valence-electron chi connectivity index (χ0n) is 34.2. The summed E-state index contributed by atoms with van der Waals surface area (Å²) in [5.41, 5.74) is 12.7. The molecule has 0 bridgehead atoms. The third kappa shape index (κ3) is 12.1. The number of rotatable bonds is 22. The number of nitrogens with one attached hydrogen (secondary N) is 1. The predicted molar refractivity (Wildman–Crippen MR) is 223 cm³/mol. The van der Waals surface area contributed by atoms with E-state index in [0.29, 0.717) is 12.0 Å². The molecular formula is C47H56N4O9. The first kappa shape index (κ1) is 45.3. The smallest absolute Gasteiger partial charge is 0.249 e. The summed E-state index contributed by atoms with van der Waals surface area (Å²) in [6.07, 6.45) is 3.32. The third-order valence-corrected chi connectivity index (χ3v) is 11.7. The highest BCUT2D eigenvalue weighted by atomic mass is 16.5. The normalized spacial score (nSPS) is 18.2. The van der Waals surface area contributed by atoms with Gasteiger partial charge in [-0.15, -0.1) is 0 Å². The van der Waals surface area contributed by atoms with Crippen LogP contribution < -0.4 is 16.8 Å². The van der Waals surface area contributed by atoms with E-state index in [-0.39, 0.29) is 68.2 Å². The maximum Gasteiger partial charge on any atom is 0.249 e. The Bertz CT molecular complexity index is 2010. The van der Waals surface area contributed by atoms with Crippen molar-refractivity contribution in [2.24, 2.45) is 29.2 Å². The van der Waals surface area contributed by atoms with E-state index in [9.17, 15) is 38.4 Å². The Kier molecular flexibility index (Phi) is 16.6. The molecule has 3 aromatic carbocycles. The van der Waals surface area contributed by atoms with Gasteiger partial charge in [0.2, 0.25) is 29.4 Å². The standard InChI is InChI=1S/C47H56N4O9/c1-2-14-33(44(56)39(52)23-24-42(55)50-43(46(49)58)32-19-10-5-11-20-32)25-41(54)38-26-34(60-29-30-15-6-3-7-16-30)28-51(38)47(59)37(31-17-8-4-9-18-31)27-40(53)35-21-12-13-22-36(35)45(48)57/h3,5-7,10-13,15-16,19-22,31,33-34,37-38,43H,2,4,8-9,14,17-18,23-29H2,1H3,(H2,48,57)(H2,49,58)(H,50,55)/t33?,34-,37?,38+,43-/m1/s1. The van der Waals surface area contributed by atoms with Crippen LogP contribution in [0.2, 0.25) is 0 Å². The Morgan fingerprint density at radius 2 is 1.42 bits per heavy atom. The number of carbonyl (C=O) groups excluding carboxylic acids is 8. The molecule has 1 aliphatic heterocycles. The molecule has 5 rings (SSSR count). The van der Waals surface area contributed by atoms with E-state index in [1.54, 1.807) is 42.5 Å². The van der Waals surface area contributed by atoms with E-state index in [1.165, 1.54) is 17.0 Å². The van der Waals surface area contributed by atoms with Crippen molar-refractivity contribution in [3.8, 4) is 0 Å². The Morgan fingerprint density at radius 1 is 0.783 bits per heavy atom. The first-order valence-corrected chi connectivity index (χ1v) is 21.0. The quantitative estimate of drug-likeness (QED) is 0.0876. The number of ketones is 4. The summed E-state index contributed by atoms with van der Waals surface area (Å²) in [6, 6.07) is 22.1. The zero-order valence-corrected chi connectivity index (χ0v) is 34.2. The van der Waals surface area contributed by atoms with Crippen LogP contribution in [0.3, 0.4) is 0 Å². The molecule has 3 aromatic rings. The number of carbonyl (C=O) groups is 8. The number of hydrogen-bond acceptors (Lipinski definition) is 9. The summed E-state index contributed by atoms with van der Waals surface area (Å²) >= 11 is 0. The number of primary amides is 2. The second-order valence-corrected chi connectivity index (χ2v) is 16.0. The molecule has 0 aromatic heterocycles.